The van der Waals surface area contributed by atoms with Crippen molar-refractivity contribution in [1.82, 2.24) is 14.9 Å². The summed E-state index contributed by atoms with van der Waals surface area (Å²) in [6.07, 6.45) is 19.7. The van der Waals surface area contributed by atoms with Crippen molar-refractivity contribution in [2.75, 3.05) is 36.9 Å². The summed E-state index contributed by atoms with van der Waals surface area (Å²) in [6, 6.07) is 8.67. The van der Waals surface area contributed by atoms with Gasteiger partial charge in [-0.25, -0.2) is 14.4 Å². The van der Waals surface area contributed by atoms with Crippen molar-refractivity contribution < 1.29 is 13.9 Å². The molecule has 3 saturated carbocycles. The number of benzene rings is 2. The van der Waals surface area contributed by atoms with Crippen molar-refractivity contribution in [1.29, 1.82) is 0 Å². The fourth-order valence-electron chi connectivity index (χ4n) is 8.12. The molecule has 8 heteroatoms. The number of hydrogen-bond acceptors (Lipinski definition) is 6. The Kier molecular flexibility index (Phi) is 8.04. The third kappa shape index (κ3) is 6.19. The Balaban J connectivity index is 1.08. The number of rotatable bonds is 9. The second-order valence-electron chi connectivity index (χ2n) is 13.9. The first-order chi connectivity index (χ1) is 21.4. The van der Waals surface area contributed by atoms with Crippen LogP contribution in [0.4, 0.5) is 21.6 Å². The van der Waals surface area contributed by atoms with Crippen LogP contribution in [0.1, 0.15) is 76.2 Å². The molecule has 3 aromatic rings. The van der Waals surface area contributed by atoms with E-state index in [1.54, 1.807) is 25.1 Å². The molecule has 4 fully saturated rings. The Morgan fingerprint density at radius 2 is 1.82 bits per heavy atom. The van der Waals surface area contributed by atoms with Gasteiger partial charge in [-0.2, -0.15) is 0 Å². The van der Waals surface area contributed by atoms with Gasteiger partial charge in [-0.15, -0.1) is 0 Å². The molecule has 232 valence electrons. The van der Waals surface area contributed by atoms with Gasteiger partial charge in [-0.05, 0) is 85.6 Å². The summed E-state index contributed by atoms with van der Waals surface area (Å²) in [6.45, 7) is 5.46. The predicted molar refractivity (Wildman–Crippen MR) is 173 cm³/mol. The lowest BCUT2D eigenvalue weighted by Crippen LogP contribution is -2.56. The van der Waals surface area contributed by atoms with Gasteiger partial charge in [0.15, 0.2) is 0 Å². The van der Waals surface area contributed by atoms with Gasteiger partial charge in [0.2, 0.25) is 5.91 Å². The summed E-state index contributed by atoms with van der Waals surface area (Å²) in [7, 11) is 0. The summed E-state index contributed by atoms with van der Waals surface area (Å²) in [4.78, 5) is 24.6. The Hall–Kier alpha value is -3.52. The molecule has 44 heavy (non-hydrogen) atoms. The minimum absolute atomic E-state index is 0.183. The third-order valence-electron chi connectivity index (χ3n) is 10.7. The summed E-state index contributed by atoms with van der Waals surface area (Å²) in [5.74, 6) is 1.34. The highest BCUT2D eigenvalue weighted by molar-refractivity contribution is 6.03. The van der Waals surface area contributed by atoms with Crippen LogP contribution in [-0.4, -0.2) is 47.0 Å². The van der Waals surface area contributed by atoms with Gasteiger partial charge < -0.3 is 15.4 Å². The van der Waals surface area contributed by atoms with Gasteiger partial charge in [0.1, 0.15) is 23.7 Å². The highest BCUT2D eigenvalue weighted by Crippen LogP contribution is 2.61. The first kappa shape index (κ1) is 29.2. The molecule has 2 heterocycles. The van der Waals surface area contributed by atoms with Crippen molar-refractivity contribution in [3.8, 4) is 5.75 Å². The molecule has 1 amide bonds. The van der Waals surface area contributed by atoms with Crippen LogP contribution in [0.3, 0.4) is 0 Å². The molecule has 1 aliphatic heterocycles. The molecular formula is C36H44FN5O2. The second kappa shape index (κ2) is 12.1. The Labute approximate surface area is 259 Å². The van der Waals surface area contributed by atoms with Gasteiger partial charge in [0.05, 0.1) is 17.8 Å². The zero-order chi connectivity index (χ0) is 30.1. The van der Waals surface area contributed by atoms with Crippen molar-refractivity contribution in [2.45, 2.75) is 77.6 Å². The minimum atomic E-state index is -0.254. The molecular weight excluding hydrogens is 553 g/mol. The van der Waals surface area contributed by atoms with Crippen LogP contribution in [0, 0.1) is 29.5 Å². The van der Waals surface area contributed by atoms with Gasteiger partial charge >= 0.3 is 0 Å². The van der Waals surface area contributed by atoms with Crippen LogP contribution in [0.15, 0.2) is 48.8 Å². The lowest BCUT2D eigenvalue weighted by atomic mass is 9.69. The number of halogens is 1. The highest BCUT2D eigenvalue weighted by Gasteiger charge is 2.53. The molecule has 1 saturated heterocycles. The molecule has 3 aliphatic carbocycles. The maximum Gasteiger partial charge on any atom is 0.248 e. The quantitative estimate of drug-likeness (QED) is 0.244. The average Bonchev–Trinajstić information content (AvgIpc) is 3.68. The van der Waals surface area contributed by atoms with Crippen LogP contribution >= 0.6 is 0 Å². The molecule has 4 aliphatic rings. The number of ether oxygens (including phenoxy) is 1. The zero-order valence-electron chi connectivity index (χ0n) is 25.8. The zero-order valence-corrected chi connectivity index (χ0v) is 25.8. The molecule has 7 nitrogen and oxygen atoms in total. The molecule has 2 N–H and O–H groups in total. The van der Waals surface area contributed by atoms with Crippen molar-refractivity contribution in [2.24, 2.45) is 16.7 Å². The molecule has 1 atom stereocenters. The minimum Gasteiger partial charge on any atom is -0.491 e. The van der Waals surface area contributed by atoms with E-state index in [4.69, 9.17) is 4.74 Å². The molecule has 0 bridgehead atoms. The average molecular weight is 598 g/mol. The number of anilines is 3. The molecule has 0 radical (unpaired) electrons. The lowest BCUT2D eigenvalue weighted by Gasteiger charge is -2.52. The fraction of sp³-hybridized carbons (Fsp3) is 0.528. The molecule has 7 rings (SSSR count). The molecule has 2 aromatic carbocycles. The van der Waals surface area contributed by atoms with Crippen LogP contribution in [0.2, 0.25) is 0 Å². The predicted octanol–water partition coefficient (Wildman–Crippen LogP) is 7.93. The number of carbonyl (C=O) groups is 1. The molecule has 2 spiro atoms. The Morgan fingerprint density at radius 3 is 2.59 bits per heavy atom. The van der Waals surface area contributed by atoms with Crippen molar-refractivity contribution >= 4 is 34.0 Å². The van der Waals surface area contributed by atoms with Crippen LogP contribution in [0.5, 0.6) is 5.75 Å². The number of carbonyl (C=O) groups excluding carboxylic acids is 1. The number of hydrogen-bond donors (Lipinski definition) is 2. The van der Waals surface area contributed by atoms with Gasteiger partial charge in [-0.1, -0.05) is 44.6 Å². The van der Waals surface area contributed by atoms with E-state index in [0.717, 1.165) is 30.7 Å². The van der Waals surface area contributed by atoms with Gasteiger partial charge in [0, 0.05) is 42.9 Å². The van der Waals surface area contributed by atoms with Crippen LogP contribution in [0.25, 0.3) is 10.9 Å². The van der Waals surface area contributed by atoms with Gasteiger partial charge in [0.25, 0.3) is 0 Å². The van der Waals surface area contributed by atoms with Crippen LogP contribution in [-0.2, 0) is 4.79 Å². The normalized spacial score (nSPS) is 22.3. The summed E-state index contributed by atoms with van der Waals surface area (Å²) < 4.78 is 20.3. The van der Waals surface area contributed by atoms with E-state index in [0.29, 0.717) is 51.7 Å². The first-order valence-corrected chi connectivity index (χ1v) is 16.6. The third-order valence-corrected chi connectivity index (χ3v) is 10.7. The van der Waals surface area contributed by atoms with E-state index in [9.17, 15) is 9.18 Å². The Bertz CT molecular complexity index is 1550. The second-order valence-corrected chi connectivity index (χ2v) is 13.9. The topological polar surface area (TPSA) is 79.4 Å². The summed E-state index contributed by atoms with van der Waals surface area (Å²) in [5, 5.41) is 7.14. The molecule has 1 aromatic heterocycles. The van der Waals surface area contributed by atoms with Crippen LogP contribution < -0.4 is 15.4 Å². The fourth-order valence-corrected chi connectivity index (χ4v) is 8.12. The number of nitrogens with one attached hydrogen (secondary N) is 2. The number of aryl methyl sites for hydroxylation is 1. The van der Waals surface area contributed by atoms with Crippen molar-refractivity contribution in [3.05, 3.63) is 60.2 Å². The maximum absolute atomic E-state index is 13.9. The van der Waals surface area contributed by atoms with E-state index in [-0.39, 0.29) is 11.7 Å². The summed E-state index contributed by atoms with van der Waals surface area (Å²) in [5.41, 5.74) is 3.58. The summed E-state index contributed by atoms with van der Waals surface area (Å²) >= 11 is 0. The monoisotopic (exact) mass is 597 g/mol. The molecule has 1 unspecified atom stereocenters. The van der Waals surface area contributed by atoms with E-state index in [1.165, 1.54) is 83.0 Å². The number of amides is 1. The van der Waals surface area contributed by atoms with Gasteiger partial charge in [-0.3, -0.25) is 9.69 Å². The smallest absolute Gasteiger partial charge is 0.248 e. The number of likely N-dealkylation sites (tertiary alicyclic amines) is 1. The largest absolute Gasteiger partial charge is 0.491 e. The number of aromatic nitrogens is 2. The maximum atomic E-state index is 13.9. The van der Waals surface area contributed by atoms with E-state index in [2.05, 4.69) is 25.5 Å². The van der Waals surface area contributed by atoms with E-state index >= 15 is 0 Å². The SMILES string of the molecule is Cc1cc(Nc2ncnc3cc(OCC4CC45CCCCC5)c(NC(=O)/C=C/CN4CC5(CCCCC5)C4)cc23)ccc1F. The number of nitrogens with zero attached hydrogens (tertiary/aromatic N) is 3. The standard InChI is InChI=1S/C36H44FN5O2/c1-25-17-27(10-11-29(25)37)40-34-28-18-31(41-33(43)9-8-16-42-22-35(23-42)12-4-2-5-13-35)32(19-30(28)38-24-39-34)44-21-26-20-36(26)14-6-3-7-15-36/h8-11,17-19,24,26H,2-7,12-16,20-23H2,1H3,(H,41,43)(H,38,39,40)/b9-8+. The Morgan fingerprint density at radius 1 is 1.05 bits per heavy atom. The highest BCUT2D eigenvalue weighted by atomic mass is 19.1. The van der Waals surface area contributed by atoms with Crippen molar-refractivity contribution in [3.63, 3.8) is 0 Å². The lowest BCUT2D eigenvalue weighted by molar-refractivity contribution is -0.112. The van der Waals surface area contributed by atoms with E-state index < -0.39 is 0 Å². The number of fused-ring (bicyclic) bond motifs is 1. The van der Waals surface area contributed by atoms with E-state index in [1.807, 2.05) is 18.2 Å². The first-order valence-electron chi connectivity index (χ1n) is 16.6.